The fourth-order valence-electron chi connectivity index (χ4n) is 3.90. The van der Waals surface area contributed by atoms with Gasteiger partial charge in [-0.05, 0) is 67.3 Å². The van der Waals surface area contributed by atoms with Crippen molar-refractivity contribution in [3.63, 3.8) is 0 Å². The van der Waals surface area contributed by atoms with E-state index in [1.165, 1.54) is 30.5 Å². The molecule has 182 valence electrons. The molecule has 35 heavy (non-hydrogen) atoms. The molecule has 1 aromatic heterocycles. The van der Waals surface area contributed by atoms with Gasteiger partial charge in [-0.3, -0.25) is 4.79 Å². The number of nitrogens with one attached hydrogen (secondary N) is 1. The number of amides is 1. The number of anilines is 1. The van der Waals surface area contributed by atoms with Crippen LogP contribution < -0.4 is 9.62 Å². The molecule has 1 aliphatic heterocycles. The van der Waals surface area contributed by atoms with Crippen molar-refractivity contribution in [2.75, 3.05) is 11.5 Å². The molecule has 1 aliphatic rings. The molecule has 1 unspecified atom stereocenters. The zero-order valence-electron chi connectivity index (χ0n) is 19.2. The molecule has 8 nitrogen and oxygen atoms in total. The third-order valence-corrected chi connectivity index (χ3v) is 7.17. The fraction of sp³-hybridized carbons (Fsp3) is 0.231. The van der Waals surface area contributed by atoms with E-state index in [4.69, 9.17) is 9.15 Å². The van der Waals surface area contributed by atoms with Gasteiger partial charge in [0.15, 0.2) is 6.61 Å². The highest BCUT2D eigenvalue weighted by molar-refractivity contribution is 7.89. The lowest BCUT2D eigenvalue weighted by Crippen LogP contribution is -2.44. The summed E-state index contributed by atoms with van der Waals surface area (Å²) in [5.74, 6) is -0.430. The smallest absolute Gasteiger partial charge is 0.331 e. The van der Waals surface area contributed by atoms with Crippen molar-refractivity contribution in [3.8, 4) is 0 Å². The second-order valence-corrected chi connectivity index (χ2v) is 9.96. The summed E-state index contributed by atoms with van der Waals surface area (Å²) in [7, 11) is -3.71. The number of esters is 1. The normalized spacial score (nSPS) is 15.7. The van der Waals surface area contributed by atoms with Crippen molar-refractivity contribution in [2.24, 2.45) is 0 Å². The van der Waals surface area contributed by atoms with E-state index in [0.717, 1.165) is 24.1 Å². The molecule has 2 heterocycles. The molecule has 2 aromatic carbocycles. The van der Waals surface area contributed by atoms with Crippen molar-refractivity contribution in [2.45, 2.75) is 37.2 Å². The van der Waals surface area contributed by atoms with E-state index in [0.29, 0.717) is 11.3 Å². The van der Waals surface area contributed by atoms with Crippen LogP contribution in [0.2, 0.25) is 0 Å². The Morgan fingerprint density at radius 1 is 1.11 bits per heavy atom. The van der Waals surface area contributed by atoms with Crippen LogP contribution in [0, 0.1) is 0 Å². The Kier molecular flexibility index (Phi) is 7.48. The average Bonchev–Trinajstić information content (AvgIpc) is 3.39. The van der Waals surface area contributed by atoms with Gasteiger partial charge in [-0.2, -0.15) is 0 Å². The SMILES string of the molecule is CC1CCc2ccccc2N1C(=O)COC(=O)/C=C/c1ccc(S(=O)(=O)NCc2ccco2)cc1. The first kappa shape index (κ1) is 24.4. The predicted molar refractivity (Wildman–Crippen MR) is 131 cm³/mol. The van der Waals surface area contributed by atoms with Crippen LogP contribution in [0.4, 0.5) is 5.69 Å². The monoisotopic (exact) mass is 494 g/mol. The van der Waals surface area contributed by atoms with E-state index in [1.54, 1.807) is 29.2 Å². The van der Waals surface area contributed by atoms with E-state index >= 15 is 0 Å². The first-order valence-corrected chi connectivity index (χ1v) is 12.7. The van der Waals surface area contributed by atoms with E-state index < -0.39 is 16.0 Å². The molecule has 1 N–H and O–H groups in total. The van der Waals surface area contributed by atoms with Crippen LogP contribution >= 0.6 is 0 Å². The number of hydrogen-bond acceptors (Lipinski definition) is 6. The van der Waals surface area contributed by atoms with Crippen LogP contribution in [0.25, 0.3) is 6.08 Å². The maximum absolute atomic E-state index is 12.8. The fourth-order valence-corrected chi connectivity index (χ4v) is 4.90. The minimum atomic E-state index is -3.71. The van der Waals surface area contributed by atoms with Gasteiger partial charge in [0, 0.05) is 17.8 Å². The number of carbonyl (C=O) groups excluding carboxylic acids is 2. The van der Waals surface area contributed by atoms with E-state index in [9.17, 15) is 18.0 Å². The highest BCUT2D eigenvalue weighted by atomic mass is 32.2. The lowest BCUT2D eigenvalue weighted by atomic mass is 9.96. The lowest BCUT2D eigenvalue weighted by molar-refractivity contribution is -0.143. The second-order valence-electron chi connectivity index (χ2n) is 8.19. The first-order chi connectivity index (χ1) is 16.8. The molecular weight excluding hydrogens is 468 g/mol. The lowest BCUT2D eigenvalue weighted by Gasteiger charge is -2.35. The van der Waals surface area contributed by atoms with Gasteiger partial charge in [0.25, 0.3) is 5.91 Å². The summed E-state index contributed by atoms with van der Waals surface area (Å²) in [6, 6.07) is 17.1. The Balaban J connectivity index is 1.31. The van der Waals surface area contributed by atoms with Crippen LogP contribution in [0.3, 0.4) is 0 Å². The number of carbonyl (C=O) groups is 2. The van der Waals surface area contributed by atoms with E-state index in [1.807, 2.05) is 31.2 Å². The van der Waals surface area contributed by atoms with E-state index in [2.05, 4.69) is 4.72 Å². The zero-order valence-corrected chi connectivity index (χ0v) is 20.0. The van der Waals surface area contributed by atoms with Crippen molar-refractivity contribution < 1.29 is 27.2 Å². The molecular formula is C26H26N2O6S. The number of fused-ring (bicyclic) bond motifs is 1. The third kappa shape index (κ3) is 6.06. The van der Waals surface area contributed by atoms with Gasteiger partial charge in [-0.25, -0.2) is 17.9 Å². The summed E-state index contributed by atoms with van der Waals surface area (Å²) in [5, 5.41) is 0. The minimum absolute atomic E-state index is 0.0232. The summed E-state index contributed by atoms with van der Waals surface area (Å²) in [6.45, 7) is 1.66. The maximum Gasteiger partial charge on any atom is 0.331 e. The van der Waals surface area contributed by atoms with Crippen molar-refractivity contribution in [1.29, 1.82) is 0 Å². The third-order valence-electron chi connectivity index (χ3n) is 5.75. The Hall–Kier alpha value is -3.69. The van der Waals surface area contributed by atoms with Crippen LogP contribution in [-0.4, -0.2) is 32.9 Å². The summed E-state index contributed by atoms with van der Waals surface area (Å²) in [6.07, 6.45) is 5.93. The van der Waals surface area contributed by atoms with Gasteiger partial charge in [0.05, 0.1) is 17.7 Å². The number of benzene rings is 2. The first-order valence-electron chi connectivity index (χ1n) is 11.2. The highest BCUT2D eigenvalue weighted by Gasteiger charge is 2.28. The Bertz CT molecular complexity index is 1310. The van der Waals surface area contributed by atoms with Crippen LogP contribution in [0.15, 0.2) is 82.3 Å². The molecule has 4 rings (SSSR count). The zero-order chi connectivity index (χ0) is 24.8. The molecule has 0 fully saturated rings. The van der Waals surface area contributed by atoms with Gasteiger partial charge in [-0.15, -0.1) is 0 Å². The van der Waals surface area contributed by atoms with Gasteiger partial charge < -0.3 is 14.1 Å². The maximum atomic E-state index is 12.8. The van der Waals surface area contributed by atoms with Crippen molar-refractivity contribution in [3.05, 3.63) is 89.9 Å². The summed E-state index contributed by atoms with van der Waals surface area (Å²) in [4.78, 5) is 26.7. The van der Waals surface area contributed by atoms with Crippen molar-refractivity contribution >= 4 is 33.7 Å². The summed E-state index contributed by atoms with van der Waals surface area (Å²) >= 11 is 0. The molecule has 0 aliphatic carbocycles. The summed E-state index contributed by atoms with van der Waals surface area (Å²) in [5.41, 5.74) is 2.57. The predicted octanol–water partition coefficient (Wildman–Crippen LogP) is 3.68. The number of aryl methyl sites for hydroxylation is 1. The number of para-hydroxylation sites is 1. The number of sulfonamides is 1. The standard InChI is InChI=1S/C26H26N2O6S/c1-19-8-12-21-5-2-3-7-24(21)28(19)25(29)18-34-26(30)15-11-20-9-13-23(14-10-20)35(31,32)27-17-22-6-4-16-33-22/h2-7,9-11,13-16,19,27H,8,12,17-18H2,1H3/b15-11+. The molecule has 0 radical (unpaired) electrons. The van der Waals surface area contributed by atoms with Gasteiger partial charge in [-0.1, -0.05) is 30.3 Å². The molecule has 0 spiro atoms. The quantitative estimate of drug-likeness (QED) is 0.378. The number of ether oxygens (including phenoxy) is 1. The number of hydrogen-bond donors (Lipinski definition) is 1. The summed E-state index contributed by atoms with van der Waals surface area (Å²) < 4.78 is 37.5. The highest BCUT2D eigenvalue weighted by Crippen LogP contribution is 2.30. The second kappa shape index (κ2) is 10.7. The van der Waals surface area contributed by atoms with Crippen LogP contribution in [0.1, 0.15) is 30.2 Å². The topological polar surface area (TPSA) is 106 Å². The number of nitrogens with zero attached hydrogens (tertiary/aromatic N) is 1. The van der Waals surface area contributed by atoms with E-state index in [-0.39, 0.29) is 30.0 Å². The number of rotatable bonds is 8. The largest absolute Gasteiger partial charge is 0.468 e. The Morgan fingerprint density at radius 2 is 1.89 bits per heavy atom. The Labute approximate surface area is 204 Å². The number of furan rings is 1. The molecule has 0 bridgehead atoms. The molecule has 9 heteroatoms. The van der Waals surface area contributed by atoms with Crippen LogP contribution in [0.5, 0.6) is 0 Å². The van der Waals surface area contributed by atoms with Crippen molar-refractivity contribution in [1.82, 2.24) is 4.72 Å². The molecule has 3 aromatic rings. The Morgan fingerprint density at radius 3 is 2.63 bits per heavy atom. The van der Waals surface area contributed by atoms with Crippen LogP contribution in [-0.2, 0) is 37.3 Å². The molecule has 0 saturated carbocycles. The minimum Gasteiger partial charge on any atom is -0.468 e. The van der Waals surface area contributed by atoms with Gasteiger partial charge in [0.1, 0.15) is 5.76 Å². The molecule has 0 saturated heterocycles. The average molecular weight is 495 g/mol. The van der Waals surface area contributed by atoms with Gasteiger partial charge in [0.2, 0.25) is 10.0 Å². The molecule has 1 amide bonds. The molecule has 1 atom stereocenters. The van der Waals surface area contributed by atoms with Gasteiger partial charge >= 0.3 is 5.97 Å².